The standard InChI is InChI=1S/C15H24N2O/c1-3-13-11-17(9-6-10-18-13)15-8-5-4-7-14(15)12(2)16/h4-5,7-8,12-13H,3,6,9-11,16H2,1-2H3/t12-,13?/m0/s1. The first-order valence-electron chi connectivity index (χ1n) is 6.93. The summed E-state index contributed by atoms with van der Waals surface area (Å²) < 4.78 is 5.83. The molecule has 1 aromatic carbocycles. The van der Waals surface area contributed by atoms with E-state index >= 15 is 0 Å². The van der Waals surface area contributed by atoms with E-state index in [9.17, 15) is 0 Å². The first kappa shape index (κ1) is 13.4. The molecule has 0 saturated carbocycles. The number of hydrogen-bond acceptors (Lipinski definition) is 3. The Kier molecular flexibility index (Phi) is 4.61. The molecule has 1 aliphatic heterocycles. The maximum atomic E-state index is 6.07. The molecular formula is C15H24N2O. The molecule has 1 fully saturated rings. The fraction of sp³-hybridized carbons (Fsp3) is 0.600. The first-order valence-corrected chi connectivity index (χ1v) is 6.93. The Bertz CT molecular complexity index is 379. The van der Waals surface area contributed by atoms with Crippen molar-refractivity contribution in [1.29, 1.82) is 0 Å². The highest BCUT2D eigenvalue weighted by Gasteiger charge is 2.20. The van der Waals surface area contributed by atoms with Crippen LogP contribution in [0.25, 0.3) is 0 Å². The molecule has 0 amide bonds. The first-order chi connectivity index (χ1) is 8.72. The van der Waals surface area contributed by atoms with Gasteiger partial charge in [0.05, 0.1) is 6.10 Å². The van der Waals surface area contributed by atoms with Crippen LogP contribution in [0.5, 0.6) is 0 Å². The molecule has 2 rings (SSSR count). The smallest absolute Gasteiger partial charge is 0.0747 e. The van der Waals surface area contributed by atoms with Gasteiger partial charge in [0, 0.05) is 31.4 Å². The number of nitrogens with two attached hydrogens (primary N) is 1. The number of anilines is 1. The zero-order valence-electron chi connectivity index (χ0n) is 11.4. The van der Waals surface area contributed by atoms with Crippen LogP contribution in [0.4, 0.5) is 5.69 Å². The van der Waals surface area contributed by atoms with Gasteiger partial charge in [-0.15, -0.1) is 0 Å². The van der Waals surface area contributed by atoms with Crippen molar-refractivity contribution in [2.45, 2.75) is 38.8 Å². The molecule has 1 heterocycles. The summed E-state index contributed by atoms with van der Waals surface area (Å²) in [5.41, 5.74) is 8.57. The Hall–Kier alpha value is -1.06. The minimum Gasteiger partial charge on any atom is -0.376 e. The fourth-order valence-corrected chi connectivity index (χ4v) is 2.52. The molecular weight excluding hydrogens is 224 g/mol. The highest BCUT2D eigenvalue weighted by atomic mass is 16.5. The molecule has 0 bridgehead atoms. The van der Waals surface area contributed by atoms with Gasteiger partial charge in [-0.25, -0.2) is 0 Å². The van der Waals surface area contributed by atoms with E-state index in [2.05, 4.69) is 36.1 Å². The van der Waals surface area contributed by atoms with Crippen LogP contribution in [-0.2, 0) is 4.74 Å². The van der Waals surface area contributed by atoms with Crippen LogP contribution >= 0.6 is 0 Å². The summed E-state index contributed by atoms with van der Waals surface area (Å²) in [6.45, 7) is 7.13. The maximum Gasteiger partial charge on any atom is 0.0747 e. The van der Waals surface area contributed by atoms with Gasteiger partial charge in [-0.3, -0.25) is 0 Å². The molecule has 0 aliphatic carbocycles. The molecule has 3 heteroatoms. The van der Waals surface area contributed by atoms with Crippen LogP contribution in [0.3, 0.4) is 0 Å². The van der Waals surface area contributed by atoms with Crippen molar-refractivity contribution in [3.63, 3.8) is 0 Å². The second-order valence-electron chi connectivity index (χ2n) is 5.05. The molecule has 1 saturated heterocycles. The van der Waals surface area contributed by atoms with Gasteiger partial charge < -0.3 is 15.4 Å². The molecule has 2 N–H and O–H groups in total. The summed E-state index contributed by atoms with van der Waals surface area (Å²) in [4.78, 5) is 2.43. The minimum atomic E-state index is 0.0745. The number of ether oxygens (including phenoxy) is 1. The molecule has 0 spiro atoms. The average molecular weight is 248 g/mol. The topological polar surface area (TPSA) is 38.5 Å². The van der Waals surface area contributed by atoms with E-state index < -0.39 is 0 Å². The van der Waals surface area contributed by atoms with Crippen LogP contribution in [-0.4, -0.2) is 25.8 Å². The van der Waals surface area contributed by atoms with Crippen LogP contribution in [0, 0.1) is 0 Å². The van der Waals surface area contributed by atoms with E-state index in [1.165, 1.54) is 11.3 Å². The van der Waals surface area contributed by atoms with Crippen LogP contribution in [0.2, 0.25) is 0 Å². The SMILES string of the molecule is CCC1CN(c2ccccc2[C@H](C)N)CCCO1. The van der Waals surface area contributed by atoms with Crippen LogP contribution < -0.4 is 10.6 Å². The number of nitrogens with zero attached hydrogens (tertiary/aromatic N) is 1. The second-order valence-corrected chi connectivity index (χ2v) is 5.05. The molecule has 3 nitrogen and oxygen atoms in total. The van der Waals surface area contributed by atoms with E-state index in [0.29, 0.717) is 6.10 Å². The molecule has 100 valence electrons. The van der Waals surface area contributed by atoms with E-state index in [1.54, 1.807) is 0 Å². The van der Waals surface area contributed by atoms with Gasteiger partial charge in [0.1, 0.15) is 0 Å². The van der Waals surface area contributed by atoms with Gasteiger partial charge in [-0.2, -0.15) is 0 Å². The summed E-state index contributed by atoms with van der Waals surface area (Å²) in [6, 6.07) is 8.54. The van der Waals surface area contributed by atoms with E-state index in [1.807, 2.05) is 6.92 Å². The molecule has 1 aromatic rings. The predicted octanol–water partition coefficient (Wildman–Crippen LogP) is 2.71. The molecule has 0 radical (unpaired) electrons. The quantitative estimate of drug-likeness (QED) is 0.894. The van der Waals surface area contributed by atoms with Crippen molar-refractivity contribution < 1.29 is 4.74 Å². The largest absolute Gasteiger partial charge is 0.376 e. The summed E-state index contributed by atoms with van der Waals surface area (Å²) >= 11 is 0. The zero-order valence-corrected chi connectivity index (χ0v) is 11.4. The maximum absolute atomic E-state index is 6.07. The number of rotatable bonds is 3. The number of para-hydroxylation sites is 1. The molecule has 0 aromatic heterocycles. The highest BCUT2D eigenvalue weighted by molar-refractivity contribution is 5.55. The molecule has 2 atom stereocenters. The van der Waals surface area contributed by atoms with Crippen molar-refractivity contribution in [3.8, 4) is 0 Å². The van der Waals surface area contributed by atoms with Gasteiger partial charge in [0.25, 0.3) is 0 Å². The van der Waals surface area contributed by atoms with Crippen molar-refractivity contribution in [3.05, 3.63) is 29.8 Å². The number of benzene rings is 1. The average Bonchev–Trinajstić information content (AvgIpc) is 2.64. The summed E-state index contributed by atoms with van der Waals surface area (Å²) in [7, 11) is 0. The van der Waals surface area contributed by atoms with Crippen molar-refractivity contribution in [1.82, 2.24) is 0 Å². The fourth-order valence-electron chi connectivity index (χ4n) is 2.52. The van der Waals surface area contributed by atoms with Gasteiger partial charge >= 0.3 is 0 Å². The van der Waals surface area contributed by atoms with Crippen LogP contribution in [0.15, 0.2) is 24.3 Å². The Balaban J connectivity index is 2.23. The van der Waals surface area contributed by atoms with Crippen molar-refractivity contribution >= 4 is 5.69 Å². The van der Waals surface area contributed by atoms with E-state index in [4.69, 9.17) is 10.5 Å². The van der Waals surface area contributed by atoms with E-state index in [0.717, 1.165) is 32.5 Å². The second kappa shape index (κ2) is 6.21. The van der Waals surface area contributed by atoms with E-state index in [-0.39, 0.29) is 6.04 Å². The zero-order chi connectivity index (χ0) is 13.0. The third-order valence-electron chi connectivity index (χ3n) is 3.57. The lowest BCUT2D eigenvalue weighted by atomic mass is 10.1. The highest BCUT2D eigenvalue weighted by Crippen LogP contribution is 2.26. The van der Waals surface area contributed by atoms with Gasteiger partial charge in [0.15, 0.2) is 0 Å². The monoisotopic (exact) mass is 248 g/mol. The van der Waals surface area contributed by atoms with Crippen LogP contribution in [0.1, 0.15) is 38.3 Å². The third-order valence-corrected chi connectivity index (χ3v) is 3.57. The van der Waals surface area contributed by atoms with Crippen molar-refractivity contribution in [2.24, 2.45) is 5.73 Å². The molecule has 1 aliphatic rings. The summed E-state index contributed by atoms with van der Waals surface area (Å²) in [5, 5.41) is 0. The molecule has 18 heavy (non-hydrogen) atoms. The third kappa shape index (κ3) is 3.03. The Morgan fingerprint density at radius 2 is 2.22 bits per heavy atom. The Morgan fingerprint density at radius 1 is 1.44 bits per heavy atom. The minimum absolute atomic E-state index is 0.0745. The lowest BCUT2D eigenvalue weighted by Gasteiger charge is -2.28. The number of hydrogen-bond donors (Lipinski definition) is 1. The predicted molar refractivity (Wildman–Crippen MR) is 75.9 cm³/mol. The van der Waals surface area contributed by atoms with Gasteiger partial charge in [0.2, 0.25) is 0 Å². The van der Waals surface area contributed by atoms with Gasteiger partial charge in [-0.05, 0) is 31.4 Å². The molecule has 1 unspecified atom stereocenters. The Morgan fingerprint density at radius 3 is 2.94 bits per heavy atom. The summed E-state index contributed by atoms with van der Waals surface area (Å²) in [6.07, 6.45) is 2.49. The Labute approximate surface area is 110 Å². The summed E-state index contributed by atoms with van der Waals surface area (Å²) in [5.74, 6) is 0. The normalized spacial score (nSPS) is 22.6. The van der Waals surface area contributed by atoms with Gasteiger partial charge in [-0.1, -0.05) is 25.1 Å². The lowest BCUT2D eigenvalue weighted by molar-refractivity contribution is 0.0664. The van der Waals surface area contributed by atoms with Crippen molar-refractivity contribution in [2.75, 3.05) is 24.6 Å². The lowest BCUT2D eigenvalue weighted by Crippen LogP contribution is -2.32.